The number of urea groups is 1. The van der Waals surface area contributed by atoms with Crippen molar-refractivity contribution in [1.82, 2.24) is 10.2 Å². The van der Waals surface area contributed by atoms with Gasteiger partial charge in [-0.05, 0) is 59.2 Å². The van der Waals surface area contributed by atoms with E-state index >= 15 is 0 Å². The molecular weight excluding hydrogens is 374 g/mol. The van der Waals surface area contributed by atoms with Crippen LogP contribution < -0.4 is 10.6 Å². The molecule has 29 heavy (non-hydrogen) atoms. The summed E-state index contributed by atoms with van der Waals surface area (Å²) in [5, 5.41) is 5.63. The molecule has 1 saturated heterocycles. The van der Waals surface area contributed by atoms with Crippen LogP contribution in [0.25, 0.3) is 0 Å². The highest BCUT2D eigenvalue weighted by molar-refractivity contribution is 5.89. The van der Waals surface area contributed by atoms with Crippen LogP contribution in [-0.2, 0) is 20.8 Å². The van der Waals surface area contributed by atoms with E-state index in [9.17, 15) is 9.59 Å². The fourth-order valence-corrected chi connectivity index (χ4v) is 3.40. The maximum atomic E-state index is 12.8. The fourth-order valence-electron chi connectivity index (χ4n) is 3.40. The summed E-state index contributed by atoms with van der Waals surface area (Å²) >= 11 is 0. The van der Waals surface area contributed by atoms with Crippen LogP contribution in [0.2, 0.25) is 0 Å². The Morgan fingerprint density at radius 3 is 2.59 bits per heavy atom. The summed E-state index contributed by atoms with van der Waals surface area (Å²) in [7, 11) is 1.62. The smallest absolute Gasteiger partial charge is 0.412 e. The summed E-state index contributed by atoms with van der Waals surface area (Å²) in [4.78, 5) is 26.7. The van der Waals surface area contributed by atoms with Crippen molar-refractivity contribution in [1.29, 1.82) is 0 Å². The first kappa shape index (κ1) is 23.0. The molecule has 8 nitrogen and oxygen atoms in total. The zero-order valence-corrected chi connectivity index (χ0v) is 18.4. The number of anilines is 1. The fraction of sp³-hybridized carbons (Fsp3) is 0.619. The Labute approximate surface area is 172 Å². The van der Waals surface area contributed by atoms with Crippen LogP contribution in [0.3, 0.4) is 0 Å². The zero-order chi connectivity index (χ0) is 21.8. The van der Waals surface area contributed by atoms with Gasteiger partial charge in [-0.15, -0.1) is 0 Å². The third-order valence-corrected chi connectivity index (χ3v) is 4.49. The van der Waals surface area contributed by atoms with Gasteiger partial charge in [-0.2, -0.15) is 0 Å². The second-order valence-electron chi connectivity index (χ2n) is 8.66. The van der Waals surface area contributed by atoms with Gasteiger partial charge in [0.05, 0.1) is 18.8 Å². The highest BCUT2D eigenvalue weighted by Gasteiger charge is 2.49. The van der Waals surface area contributed by atoms with Crippen LogP contribution in [0.5, 0.6) is 0 Å². The van der Waals surface area contributed by atoms with Crippen LogP contribution in [0.4, 0.5) is 15.3 Å². The Morgan fingerprint density at radius 1 is 1.28 bits per heavy atom. The molecule has 0 aromatic heterocycles. The molecule has 0 saturated carbocycles. The molecule has 1 aromatic carbocycles. The number of carbonyl (C=O) groups excluding carboxylic acids is 2. The first-order valence-electron chi connectivity index (χ1n) is 9.76. The number of benzene rings is 1. The van der Waals surface area contributed by atoms with Crippen molar-refractivity contribution in [3.8, 4) is 0 Å². The number of ether oxygens (including phenoxy) is 3. The summed E-state index contributed by atoms with van der Waals surface area (Å²) in [5.41, 5.74) is 0.165. The quantitative estimate of drug-likeness (QED) is 0.777. The normalized spacial score (nSPS) is 21.0. The topological polar surface area (TPSA) is 89.1 Å². The van der Waals surface area contributed by atoms with Gasteiger partial charge in [0.15, 0.2) is 0 Å². The van der Waals surface area contributed by atoms with Crippen LogP contribution >= 0.6 is 0 Å². The first-order valence-corrected chi connectivity index (χ1v) is 9.76. The van der Waals surface area contributed by atoms with Crippen LogP contribution in [0.15, 0.2) is 24.3 Å². The number of carbonyl (C=O) groups is 2. The van der Waals surface area contributed by atoms with Crippen molar-refractivity contribution in [2.24, 2.45) is 0 Å². The van der Waals surface area contributed by atoms with Crippen molar-refractivity contribution >= 4 is 17.8 Å². The molecule has 1 heterocycles. The van der Waals surface area contributed by atoms with Gasteiger partial charge in [0.25, 0.3) is 0 Å². The van der Waals surface area contributed by atoms with Gasteiger partial charge in [-0.1, -0.05) is 12.1 Å². The van der Waals surface area contributed by atoms with Gasteiger partial charge < -0.3 is 24.8 Å². The molecule has 8 heteroatoms. The van der Waals surface area contributed by atoms with Gasteiger partial charge in [0, 0.05) is 19.3 Å². The lowest BCUT2D eigenvalue weighted by atomic mass is 10.1. The van der Waals surface area contributed by atoms with E-state index in [-0.39, 0.29) is 24.7 Å². The summed E-state index contributed by atoms with van der Waals surface area (Å²) in [6.45, 7) is 11.7. The van der Waals surface area contributed by atoms with Crippen molar-refractivity contribution < 1.29 is 23.8 Å². The van der Waals surface area contributed by atoms with E-state index in [0.29, 0.717) is 12.3 Å². The Bertz CT molecular complexity index is 729. The highest BCUT2D eigenvalue weighted by Crippen LogP contribution is 2.33. The first-order chi connectivity index (χ1) is 13.4. The largest absolute Gasteiger partial charge is 0.444 e. The van der Waals surface area contributed by atoms with E-state index < -0.39 is 17.4 Å². The molecule has 0 unspecified atom stereocenters. The SMILES string of the molecule is COCc1cccc(NC(=O)NC[C@H]2[C@H](C)OC(C)(C)N2C(=O)OC(C)(C)C)c1. The Hall–Kier alpha value is -2.32. The number of amides is 3. The third kappa shape index (κ3) is 6.33. The molecule has 0 spiro atoms. The third-order valence-electron chi connectivity index (χ3n) is 4.49. The van der Waals surface area contributed by atoms with Crippen LogP contribution in [0.1, 0.15) is 47.1 Å². The molecule has 2 N–H and O–H groups in total. The molecule has 1 aromatic rings. The average Bonchev–Trinajstić information content (AvgIpc) is 2.80. The maximum absolute atomic E-state index is 12.8. The standard InChI is InChI=1S/C21H33N3O5/c1-14-17(24(21(5,6)28-14)19(26)29-20(2,3)4)12-22-18(25)23-16-10-8-9-15(11-16)13-27-7/h8-11,14,17H,12-13H2,1-7H3,(H2,22,23,25)/t14-,17-/m0/s1. The monoisotopic (exact) mass is 407 g/mol. The zero-order valence-electron chi connectivity index (χ0n) is 18.4. The molecule has 3 amide bonds. The Balaban J connectivity index is 2.02. The van der Waals surface area contributed by atoms with Crippen LogP contribution in [-0.4, -0.2) is 54.2 Å². The van der Waals surface area contributed by atoms with E-state index in [1.54, 1.807) is 18.1 Å². The van der Waals surface area contributed by atoms with Crippen LogP contribution in [0, 0.1) is 0 Å². The number of nitrogens with one attached hydrogen (secondary N) is 2. The lowest BCUT2D eigenvalue weighted by molar-refractivity contribution is -0.0756. The minimum absolute atomic E-state index is 0.230. The van der Waals surface area contributed by atoms with Crippen molar-refractivity contribution in [3.63, 3.8) is 0 Å². The predicted molar refractivity (Wildman–Crippen MR) is 111 cm³/mol. The lowest BCUT2D eigenvalue weighted by Crippen LogP contribution is -2.53. The number of nitrogens with zero attached hydrogens (tertiary/aromatic N) is 1. The van der Waals surface area contributed by atoms with E-state index in [1.807, 2.05) is 59.7 Å². The summed E-state index contributed by atoms with van der Waals surface area (Å²) < 4.78 is 16.6. The molecule has 0 radical (unpaired) electrons. The molecule has 2 rings (SSSR count). The predicted octanol–water partition coefficient (Wildman–Crippen LogP) is 3.72. The number of rotatable bonds is 5. The van der Waals surface area contributed by atoms with E-state index in [4.69, 9.17) is 14.2 Å². The minimum atomic E-state index is -0.834. The molecule has 0 aliphatic carbocycles. The molecule has 162 valence electrons. The van der Waals surface area contributed by atoms with Crippen molar-refractivity contribution in [3.05, 3.63) is 29.8 Å². The van der Waals surface area contributed by atoms with Gasteiger partial charge in [-0.25, -0.2) is 9.59 Å². The van der Waals surface area contributed by atoms with Gasteiger partial charge in [0.1, 0.15) is 11.3 Å². The van der Waals surface area contributed by atoms with Gasteiger partial charge in [-0.3, -0.25) is 4.90 Å². The summed E-state index contributed by atoms with van der Waals surface area (Å²) in [5.74, 6) is 0. The summed E-state index contributed by atoms with van der Waals surface area (Å²) in [6.07, 6.45) is -0.728. The summed E-state index contributed by atoms with van der Waals surface area (Å²) in [6, 6.07) is 6.71. The Morgan fingerprint density at radius 2 is 1.97 bits per heavy atom. The molecule has 1 aliphatic heterocycles. The number of hydrogen-bond acceptors (Lipinski definition) is 5. The molecular formula is C21H33N3O5. The van der Waals surface area contributed by atoms with Crippen molar-refractivity contribution in [2.45, 2.75) is 71.6 Å². The Kier molecular flexibility index (Phi) is 7.13. The number of methoxy groups -OCH3 is 1. The molecule has 1 aliphatic rings. The minimum Gasteiger partial charge on any atom is -0.444 e. The molecule has 1 fully saturated rings. The van der Waals surface area contributed by atoms with Gasteiger partial charge in [0.2, 0.25) is 0 Å². The van der Waals surface area contributed by atoms with E-state index in [0.717, 1.165) is 5.56 Å². The average molecular weight is 408 g/mol. The molecule has 0 bridgehead atoms. The number of hydrogen-bond donors (Lipinski definition) is 2. The second kappa shape index (κ2) is 9.00. The molecule has 2 atom stereocenters. The van der Waals surface area contributed by atoms with E-state index in [1.165, 1.54) is 0 Å². The van der Waals surface area contributed by atoms with Gasteiger partial charge >= 0.3 is 12.1 Å². The highest BCUT2D eigenvalue weighted by atomic mass is 16.6. The second-order valence-corrected chi connectivity index (χ2v) is 8.66. The lowest BCUT2D eigenvalue weighted by Gasteiger charge is -2.35. The van der Waals surface area contributed by atoms with Crippen molar-refractivity contribution in [2.75, 3.05) is 19.0 Å². The van der Waals surface area contributed by atoms with E-state index in [2.05, 4.69) is 10.6 Å². The maximum Gasteiger partial charge on any atom is 0.412 e.